The van der Waals surface area contributed by atoms with Gasteiger partial charge in [0.25, 0.3) is 10.0 Å². The second-order valence-corrected chi connectivity index (χ2v) is 8.77. The molecule has 3 rings (SSSR count). The van der Waals surface area contributed by atoms with Crippen molar-refractivity contribution >= 4 is 27.5 Å². The number of nitrogens with one attached hydrogen (secondary N) is 2. The zero-order valence-corrected chi connectivity index (χ0v) is 17.9. The molecule has 30 heavy (non-hydrogen) atoms. The minimum Gasteiger partial charge on any atom is -0.491 e. The van der Waals surface area contributed by atoms with E-state index in [2.05, 4.69) is 15.0 Å². The zero-order valence-electron chi connectivity index (χ0n) is 17.1. The Balaban J connectivity index is 1.76. The molecule has 0 bridgehead atoms. The molecule has 1 aliphatic rings. The summed E-state index contributed by atoms with van der Waals surface area (Å²) in [4.78, 5) is 17.5. The van der Waals surface area contributed by atoms with Crippen LogP contribution in [-0.4, -0.2) is 46.5 Å². The van der Waals surface area contributed by atoms with Crippen molar-refractivity contribution in [3.05, 3.63) is 54.1 Å². The Morgan fingerprint density at radius 1 is 1.10 bits per heavy atom. The van der Waals surface area contributed by atoms with Crippen molar-refractivity contribution in [3.8, 4) is 5.75 Å². The SMILES string of the molecule is COCCOc1ccc(NC(=O)[C@@H](N=C2NS(=O)(=O)c3ccccc32)C(C)C)cc1. The van der Waals surface area contributed by atoms with Gasteiger partial charge >= 0.3 is 0 Å². The number of benzene rings is 2. The van der Waals surface area contributed by atoms with E-state index in [-0.39, 0.29) is 22.6 Å². The first-order chi connectivity index (χ1) is 14.3. The lowest BCUT2D eigenvalue weighted by atomic mass is 10.0. The van der Waals surface area contributed by atoms with Crippen LogP contribution in [0, 0.1) is 5.92 Å². The highest BCUT2D eigenvalue weighted by Gasteiger charge is 2.32. The molecule has 0 aliphatic carbocycles. The number of ether oxygens (including phenoxy) is 2. The molecule has 0 spiro atoms. The number of carbonyl (C=O) groups excluding carboxylic acids is 1. The van der Waals surface area contributed by atoms with Gasteiger partial charge in [0.1, 0.15) is 24.2 Å². The van der Waals surface area contributed by atoms with E-state index in [1.807, 2.05) is 13.8 Å². The van der Waals surface area contributed by atoms with Gasteiger partial charge in [-0.1, -0.05) is 26.0 Å². The molecule has 1 amide bonds. The van der Waals surface area contributed by atoms with Crippen LogP contribution in [0.5, 0.6) is 5.75 Å². The van der Waals surface area contributed by atoms with Crippen LogP contribution in [0.15, 0.2) is 58.4 Å². The highest BCUT2D eigenvalue weighted by molar-refractivity contribution is 7.90. The number of fused-ring (bicyclic) bond motifs is 1. The largest absolute Gasteiger partial charge is 0.491 e. The van der Waals surface area contributed by atoms with Gasteiger partial charge in [-0.3, -0.25) is 14.5 Å². The van der Waals surface area contributed by atoms with Crippen molar-refractivity contribution in [1.29, 1.82) is 0 Å². The van der Waals surface area contributed by atoms with E-state index in [4.69, 9.17) is 9.47 Å². The van der Waals surface area contributed by atoms with Crippen LogP contribution in [0.25, 0.3) is 0 Å². The van der Waals surface area contributed by atoms with Crippen molar-refractivity contribution in [3.63, 3.8) is 0 Å². The van der Waals surface area contributed by atoms with E-state index in [1.165, 1.54) is 6.07 Å². The number of sulfonamides is 1. The molecule has 160 valence electrons. The number of nitrogens with zero attached hydrogens (tertiary/aromatic N) is 1. The number of amidine groups is 1. The van der Waals surface area contributed by atoms with Gasteiger partial charge in [-0.15, -0.1) is 0 Å². The Hall–Kier alpha value is -2.91. The highest BCUT2D eigenvalue weighted by Crippen LogP contribution is 2.24. The van der Waals surface area contributed by atoms with Gasteiger partial charge < -0.3 is 14.8 Å². The molecule has 9 heteroatoms. The predicted octanol–water partition coefficient (Wildman–Crippen LogP) is 2.41. The Labute approximate surface area is 176 Å². The van der Waals surface area contributed by atoms with Gasteiger partial charge in [-0.05, 0) is 42.3 Å². The molecule has 0 fully saturated rings. The van der Waals surface area contributed by atoms with E-state index in [1.54, 1.807) is 49.6 Å². The third-order valence-corrected chi connectivity index (χ3v) is 5.91. The Morgan fingerprint density at radius 3 is 2.47 bits per heavy atom. The quantitative estimate of drug-likeness (QED) is 0.625. The van der Waals surface area contributed by atoms with Crippen molar-refractivity contribution in [2.24, 2.45) is 10.9 Å². The standard InChI is InChI=1S/C21H25N3O5S/c1-14(2)19(23-20-17-6-4-5-7-18(17)30(26,27)24-20)21(25)22-15-8-10-16(11-9-15)29-13-12-28-3/h4-11,14,19H,12-13H2,1-3H3,(H,22,25)(H,23,24)/t19-/m0/s1. The molecule has 8 nitrogen and oxygen atoms in total. The summed E-state index contributed by atoms with van der Waals surface area (Å²) in [6, 6.07) is 12.8. The van der Waals surface area contributed by atoms with Crippen LogP contribution in [0.2, 0.25) is 0 Å². The maximum atomic E-state index is 12.9. The minimum absolute atomic E-state index is 0.147. The molecule has 2 aromatic carbocycles. The average molecular weight is 432 g/mol. The molecule has 1 heterocycles. The molecular weight excluding hydrogens is 406 g/mol. The van der Waals surface area contributed by atoms with E-state index in [0.717, 1.165) is 0 Å². The summed E-state index contributed by atoms with van der Waals surface area (Å²) in [5.41, 5.74) is 1.06. The second kappa shape index (κ2) is 9.27. The molecule has 0 saturated carbocycles. The van der Waals surface area contributed by atoms with E-state index >= 15 is 0 Å². The third-order valence-electron chi connectivity index (χ3n) is 4.51. The summed E-state index contributed by atoms with van der Waals surface area (Å²) in [5.74, 6) is 0.379. The fourth-order valence-electron chi connectivity index (χ4n) is 2.97. The summed E-state index contributed by atoms with van der Waals surface area (Å²) < 4.78 is 37.5. The van der Waals surface area contributed by atoms with Gasteiger partial charge in [0, 0.05) is 18.4 Å². The van der Waals surface area contributed by atoms with Gasteiger partial charge in [0.05, 0.1) is 11.5 Å². The number of hydrogen-bond donors (Lipinski definition) is 2. The normalized spacial score (nSPS) is 16.7. The van der Waals surface area contributed by atoms with Gasteiger partial charge in [0.15, 0.2) is 0 Å². The Bertz CT molecular complexity index is 1030. The zero-order chi connectivity index (χ0) is 21.7. The summed E-state index contributed by atoms with van der Waals surface area (Å²) in [5, 5.41) is 2.83. The molecule has 0 unspecified atom stereocenters. The first kappa shape index (κ1) is 21.8. The maximum Gasteiger partial charge on any atom is 0.263 e. The fraction of sp³-hybridized carbons (Fsp3) is 0.333. The van der Waals surface area contributed by atoms with Crippen LogP contribution in [-0.2, 0) is 19.6 Å². The first-order valence-electron chi connectivity index (χ1n) is 9.54. The maximum absolute atomic E-state index is 12.9. The van der Waals surface area contributed by atoms with Crippen LogP contribution < -0.4 is 14.8 Å². The molecule has 0 aromatic heterocycles. The van der Waals surface area contributed by atoms with Crippen LogP contribution in [0.3, 0.4) is 0 Å². The monoisotopic (exact) mass is 431 g/mol. The molecule has 0 saturated heterocycles. The van der Waals surface area contributed by atoms with Crippen molar-refractivity contribution in [2.75, 3.05) is 25.6 Å². The van der Waals surface area contributed by atoms with E-state index < -0.39 is 16.1 Å². The van der Waals surface area contributed by atoms with Crippen molar-refractivity contribution in [1.82, 2.24) is 4.72 Å². The highest BCUT2D eigenvalue weighted by atomic mass is 32.2. The molecule has 1 atom stereocenters. The van der Waals surface area contributed by atoms with E-state index in [9.17, 15) is 13.2 Å². The number of amides is 1. The van der Waals surface area contributed by atoms with Gasteiger partial charge in [-0.25, -0.2) is 8.42 Å². The lowest BCUT2D eigenvalue weighted by Crippen LogP contribution is -2.34. The Morgan fingerprint density at radius 2 is 1.80 bits per heavy atom. The number of rotatable bonds is 8. The molecule has 0 radical (unpaired) electrons. The molecule has 2 aromatic rings. The number of hydrogen-bond acceptors (Lipinski definition) is 6. The van der Waals surface area contributed by atoms with Crippen LogP contribution in [0.4, 0.5) is 5.69 Å². The summed E-state index contributed by atoms with van der Waals surface area (Å²) in [7, 11) is -2.06. The van der Waals surface area contributed by atoms with Crippen molar-refractivity contribution < 1.29 is 22.7 Å². The molecule has 1 aliphatic heterocycles. The summed E-state index contributed by atoms with van der Waals surface area (Å²) in [6.07, 6.45) is 0. The fourth-order valence-corrected chi connectivity index (χ4v) is 4.21. The number of aliphatic imine (C=N–C) groups is 1. The topological polar surface area (TPSA) is 106 Å². The van der Waals surface area contributed by atoms with Crippen LogP contribution in [0.1, 0.15) is 19.4 Å². The summed E-state index contributed by atoms with van der Waals surface area (Å²) in [6.45, 7) is 4.64. The van der Waals surface area contributed by atoms with Crippen molar-refractivity contribution in [2.45, 2.75) is 24.8 Å². The van der Waals surface area contributed by atoms with E-state index in [0.29, 0.717) is 30.2 Å². The predicted molar refractivity (Wildman–Crippen MR) is 114 cm³/mol. The minimum atomic E-state index is -3.66. The lowest BCUT2D eigenvalue weighted by Gasteiger charge is -2.17. The number of methoxy groups -OCH3 is 1. The van der Waals surface area contributed by atoms with Gasteiger partial charge in [0.2, 0.25) is 5.91 Å². The number of anilines is 1. The summed E-state index contributed by atoms with van der Waals surface area (Å²) >= 11 is 0. The van der Waals surface area contributed by atoms with Gasteiger partial charge in [-0.2, -0.15) is 0 Å². The second-order valence-electron chi connectivity index (χ2n) is 7.12. The Kier molecular flexibility index (Phi) is 6.73. The third kappa shape index (κ3) is 4.98. The first-order valence-corrected chi connectivity index (χ1v) is 11.0. The molecular formula is C21H25N3O5S. The van der Waals surface area contributed by atoms with Crippen LogP contribution >= 0.6 is 0 Å². The molecule has 2 N–H and O–H groups in total. The smallest absolute Gasteiger partial charge is 0.263 e. The lowest BCUT2D eigenvalue weighted by molar-refractivity contribution is -0.118. The average Bonchev–Trinajstić information content (AvgIpc) is 2.98. The number of carbonyl (C=O) groups is 1.